The Morgan fingerprint density at radius 1 is 1.28 bits per heavy atom. The Labute approximate surface area is 230 Å². The quantitative estimate of drug-likeness (QED) is 0.354. The third-order valence-electron chi connectivity index (χ3n) is 7.75. The Kier molecular flexibility index (Phi) is 6.88. The fraction of sp³-hybridized carbons (Fsp3) is 0.379. The number of hydrogen-bond acceptors (Lipinski definition) is 8. The van der Waals surface area contributed by atoms with E-state index in [2.05, 4.69) is 4.98 Å². The van der Waals surface area contributed by atoms with E-state index >= 15 is 0 Å². The maximum atomic E-state index is 13.9. The first-order valence-corrected chi connectivity index (χ1v) is 13.2. The van der Waals surface area contributed by atoms with Gasteiger partial charge in [-0.25, -0.2) is 4.98 Å². The number of allylic oxidation sites excluding steroid dienone is 1. The van der Waals surface area contributed by atoms with Crippen molar-refractivity contribution in [2.24, 2.45) is 16.8 Å². The van der Waals surface area contributed by atoms with Crippen molar-refractivity contribution in [1.82, 2.24) is 9.97 Å². The van der Waals surface area contributed by atoms with Gasteiger partial charge in [0.25, 0.3) is 0 Å². The minimum atomic E-state index is -1.86. The number of ether oxygens (including phenoxy) is 3. The van der Waals surface area contributed by atoms with Crippen LogP contribution in [0.3, 0.4) is 0 Å². The van der Waals surface area contributed by atoms with Crippen LogP contribution in [0.25, 0.3) is 11.0 Å². The van der Waals surface area contributed by atoms with Crippen LogP contribution in [0.1, 0.15) is 55.8 Å². The third kappa shape index (κ3) is 4.07. The number of aromatic amines is 1. The summed E-state index contributed by atoms with van der Waals surface area (Å²) in [6.07, 6.45) is 2.10. The predicted molar refractivity (Wildman–Crippen MR) is 147 cm³/mol. The highest BCUT2D eigenvalue weighted by Gasteiger charge is 2.60. The molecular weight excluding hydrogens is 522 g/mol. The Morgan fingerprint density at radius 3 is 2.67 bits per heavy atom. The number of halogens is 1. The summed E-state index contributed by atoms with van der Waals surface area (Å²) in [5.41, 5.74) is -0.161. The molecule has 1 spiro atoms. The number of aliphatic imine (C=N–C) groups is 1. The van der Waals surface area contributed by atoms with Gasteiger partial charge in [0.2, 0.25) is 11.4 Å². The molecule has 39 heavy (non-hydrogen) atoms. The number of imidazole rings is 1. The summed E-state index contributed by atoms with van der Waals surface area (Å²) >= 11 is 6.51. The van der Waals surface area contributed by atoms with E-state index in [9.17, 15) is 14.7 Å². The monoisotopic (exact) mass is 551 g/mol. The predicted octanol–water partition coefficient (Wildman–Crippen LogP) is 5.83. The number of aromatic nitrogens is 2. The number of fused-ring (bicyclic) bond motifs is 2. The van der Waals surface area contributed by atoms with Crippen molar-refractivity contribution in [3.8, 4) is 17.2 Å². The molecule has 0 amide bonds. The highest BCUT2D eigenvalue weighted by Crippen LogP contribution is 2.54. The number of H-pyrrole nitrogens is 1. The maximum absolute atomic E-state index is 13.9. The zero-order chi connectivity index (χ0) is 28.1. The van der Waals surface area contributed by atoms with Crippen LogP contribution in [0.2, 0.25) is 5.02 Å². The van der Waals surface area contributed by atoms with Crippen LogP contribution < -0.4 is 14.2 Å². The lowest BCUT2D eigenvalue weighted by atomic mass is 9.73. The number of benzene rings is 2. The van der Waals surface area contributed by atoms with Gasteiger partial charge in [0.15, 0.2) is 17.3 Å². The second kappa shape index (κ2) is 10.0. The number of hydrogen-bond donors (Lipinski definition) is 2. The van der Waals surface area contributed by atoms with Gasteiger partial charge in [0, 0.05) is 24.6 Å². The molecule has 0 fully saturated rings. The summed E-state index contributed by atoms with van der Waals surface area (Å²) in [6.45, 7) is 5.76. The molecule has 9 nitrogen and oxygen atoms in total. The van der Waals surface area contributed by atoms with Crippen molar-refractivity contribution in [2.75, 3.05) is 14.2 Å². The van der Waals surface area contributed by atoms with Gasteiger partial charge in [-0.1, -0.05) is 50.9 Å². The van der Waals surface area contributed by atoms with E-state index in [0.717, 1.165) is 17.5 Å². The molecule has 0 saturated carbocycles. The summed E-state index contributed by atoms with van der Waals surface area (Å²) in [6, 6.07) is 8.75. The Morgan fingerprint density at radius 2 is 2.00 bits per heavy atom. The standard InChI is InChI=1S/C29H30ClN3O6/c1-6-14(2)24(28-32-17-9-7-8-10-18(17)33-28)31-13-16-19(34)11-15(3)29(26(16)35)27(36)22-20(37-4)12-21(38-5)23(30)25(22)39-29/h7-10,12-15,24,35H,6,11H2,1-5H3,(H,32,33). The normalized spacial score (nSPS) is 22.5. The molecule has 0 bridgehead atoms. The number of Topliss-reactive ketones (excluding diaryl/α,β-unsaturated/α-hetero) is 2. The molecule has 2 aromatic carbocycles. The van der Waals surface area contributed by atoms with E-state index in [0.29, 0.717) is 5.82 Å². The molecule has 4 unspecified atom stereocenters. The molecule has 2 heterocycles. The fourth-order valence-corrected chi connectivity index (χ4v) is 5.55. The molecule has 1 aromatic heterocycles. The average Bonchev–Trinajstić information content (AvgIpc) is 3.50. The SMILES string of the molecule is CCC(C)C(N=CC1=C(O)C2(Oc3c(Cl)c(OC)cc(OC)c3C2=O)C(C)CC1=O)c1nc2ccccc2[nH]1. The molecule has 0 radical (unpaired) electrons. The Bertz CT molecular complexity index is 1510. The minimum Gasteiger partial charge on any atom is -0.507 e. The fourth-order valence-electron chi connectivity index (χ4n) is 5.29. The van der Waals surface area contributed by atoms with Crippen LogP contribution in [0.4, 0.5) is 0 Å². The summed E-state index contributed by atoms with van der Waals surface area (Å²) in [4.78, 5) is 39.8. The van der Waals surface area contributed by atoms with Gasteiger partial charge in [0.05, 0.1) is 30.8 Å². The number of nitrogens with one attached hydrogen (secondary N) is 1. The molecule has 2 aliphatic rings. The number of aliphatic hydroxyl groups is 1. The summed E-state index contributed by atoms with van der Waals surface area (Å²) in [5.74, 6) is -0.858. The van der Waals surface area contributed by atoms with Gasteiger partial charge in [0.1, 0.15) is 34.0 Å². The number of carbonyl (C=O) groups excluding carboxylic acids is 2. The lowest BCUT2D eigenvalue weighted by Gasteiger charge is -2.36. The van der Waals surface area contributed by atoms with Crippen molar-refractivity contribution >= 4 is 40.4 Å². The van der Waals surface area contributed by atoms with E-state index in [1.165, 1.54) is 26.5 Å². The molecule has 3 aromatic rings. The van der Waals surface area contributed by atoms with E-state index < -0.39 is 29.1 Å². The van der Waals surface area contributed by atoms with E-state index in [4.69, 9.17) is 35.8 Å². The molecule has 1 aliphatic heterocycles. The van der Waals surface area contributed by atoms with E-state index in [1.54, 1.807) is 6.92 Å². The second-order valence-corrected chi connectivity index (χ2v) is 10.4. The van der Waals surface area contributed by atoms with Crippen molar-refractivity contribution in [1.29, 1.82) is 0 Å². The van der Waals surface area contributed by atoms with Crippen molar-refractivity contribution in [3.05, 3.63) is 58.1 Å². The highest BCUT2D eigenvalue weighted by molar-refractivity contribution is 6.35. The molecule has 10 heteroatoms. The molecule has 4 atom stereocenters. The zero-order valence-corrected chi connectivity index (χ0v) is 23.1. The number of methoxy groups -OCH3 is 2. The number of nitrogens with zero attached hydrogens (tertiary/aromatic N) is 2. The number of rotatable bonds is 7. The first kappa shape index (κ1) is 26.7. The van der Waals surface area contributed by atoms with Crippen molar-refractivity contribution in [2.45, 2.75) is 45.3 Å². The van der Waals surface area contributed by atoms with Crippen LogP contribution in [0, 0.1) is 11.8 Å². The van der Waals surface area contributed by atoms with Crippen LogP contribution in [0.5, 0.6) is 17.2 Å². The van der Waals surface area contributed by atoms with Crippen molar-refractivity contribution < 1.29 is 28.9 Å². The summed E-state index contributed by atoms with van der Waals surface area (Å²) < 4.78 is 16.9. The second-order valence-electron chi connectivity index (χ2n) is 10.0. The lowest BCUT2D eigenvalue weighted by Crippen LogP contribution is -2.52. The summed E-state index contributed by atoms with van der Waals surface area (Å²) in [7, 11) is 2.85. The molecule has 204 valence electrons. The first-order valence-electron chi connectivity index (χ1n) is 12.8. The molecule has 1 aliphatic carbocycles. The van der Waals surface area contributed by atoms with E-state index in [1.807, 2.05) is 38.1 Å². The van der Waals surface area contributed by atoms with Crippen LogP contribution in [-0.4, -0.2) is 52.7 Å². The molecule has 0 saturated heterocycles. The number of ketones is 2. The minimum absolute atomic E-state index is 0.0408. The van der Waals surface area contributed by atoms with Crippen LogP contribution >= 0.6 is 11.6 Å². The number of para-hydroxylation sites is 2. The average molecular weight is 552 g/mol. The largest absolute Gasteiger partial charge is 0.507 e. The lowest BCUT2D eigenvalue weighted by molar-refractivity contribution is -0.118. The topological polar surface area (TPSA) is 123 Å². The van der Waals surface area contributed by atoms with Gasteiger partial charge in [-0.05, 0) is 18.1 Å². The van der Waals surface area contributed by atoms with E-state index in [-0.39, 0.29) is 51.5 Å². The maximum Gasteiger partial charge on any atom is 0.231 e. The number of carbonyl (C=O) groups is 2. The third-order valence-corrected chi connectivity index (χ3v) is 8.10. The molecular formula is C29H30ClN3O6. The highest BCUT2D eigenvalue weighted by atomic mass is 35.5. The number of aliphatic hydroxyl groups excluding tert-OH is 1. The van der Waals surface area contributed by atoms with Crippen LogP contribution in [-0.2, 0) is 4.79 Å². The van der Waals surface area contributed by atoms with Gasteiger partial charge < -0.3 is 24.3 Å². The Hall–Kier alpha value is -3.85. The molecule has 2 N–H and O–H groups in total. The smallest absolute Gasteiger partial charge is 0.231 e. The van der Waals surface area contributed by atoms with Crippen molar-refractivity contribution in [3.63, 3.8) is 0 Å². The molecule has 5 rings (SSSR count). The van der Waals surface area contributed by atoms with Gasteiger partial charge >= 0.3 is 0 Å². The van der Waals surface area contributed by atoms with Crippen LogP contribution in [0.15, 0.2) is 46.7 Å². The Balaban J connectivity index is 1.61. The summed E-state index contributed by atoms with van der Waals surface area (Å²) in [5, 5.41) is 11.6. The van der Waals surface area contributed by atoms with Gasteiger partial charge in [-0.3, -0.25) is 14.6 Å². The van der Waals surface area contributed by atoms with Gasteiger partial charge in [-0.2, -0.15) is 0 Å². The van der Waals surface area contributed by atoms with Gasteiger partial charge in [-0.15, -0.1) is 0 Å². The first-order chi connectivity index (χ1) is 18.7. The zero-order valence-electron chi connectivity index (χ0n) is 22.4.